The summed E-state index contributed by atoms with van der Waals surface area (Å²) < 4.78 is 143. The van der Waals surface area contributed by atoms with Crippen LogP contribution in [0.5, 0.6) is 0 Å². The van der Waals surface area contributed by atoms with Gasteiger partial charge in [-0.2, -0.15) is 0 Å². The Morgan fingerprint density at radius 1 is 0.374 bits per heavy atom. The summed E-state index contributed by atoms with van der Waals surface area (Å²) in [5.41, 5.74) is 0.723. The van der Waals surface area contributed by atoms with Gasteiger partial charge in [0.1, 0.15) is 39.1 Å². The van der Waals surface area contributed by atoms with Gasteiger partial charge in [0, 0.05) is 121 Å². The first-order valence-corrected chi connectivity index (χ1v) is 36.0. The van der Waals surface area contributed by atoms with E-state index < -0.39 is 117 Å². The number of amides is 4. The van der Waals surface area contributed by atoms with Crippen molar-refractivity contribution in [1.29, 1.82) is 0 Å². The molecule has 107 heavy (non-hydrogen) atoms. The third kappa shape index (κ3) is 13.7. The van der Waals surface area contributed by atoms with Gasteiger partial charge in [-0.05, 0) is 152 Å². The van der Waals surface area contributed by atoms with Crippen molar-refractivity contribution >= 4 is 69.0 Å². The minimum Gasteiger partial charge on any atom is -0.289 e. The van der Waals surface area contributed by atoms with Gasteiger partial charge in [-0.3, -0.25) is 45.0 Å². The van der Waals surface area contributed by atoms with E-state index in [1.54, 1.807) is 80.8 Å². The summed E-state index contributed by atoms with van der Waals surface area (Å²) in [6.07, 6.45) is 11.7. The van der Waals surface area contributed by atoms with Crippen LogP contribution in [0.2, 0.25) is 0 Å². The fourth-order valence-electron chi connectivity index (χ4n) is 14.0. The van der Waals surface area contributed by atoms with Crippen LogP contribution in [-0.4, -0.2) is 102 Å². The normalized spacial score (nSPS) is 24.7. The van der Waals surface area contributed by atoms with E-state index in [9.17, 15) is 45.5 Å². The van der Waals surface area contributed by atoms with Crippen LogP contribution in [-0.2, 0) is 19.2 Å². The number of pyridine rings is 1. The molecule has 4 amide bonds. The second-order valence-corrected chi connectivity index (χ2v) is 30.3. The summed E-state index contributed by atoms with van der Waals surface area (Å²) in [4.78, 5) is 79.2. The first kappa shape index (κ1) is 75.1. The molecule has 6 aromatic heterocycles. The van der Waals surface area contributed by atoms with Crippen molar-refractivity contribution in [3.05, 3.63) is 263 Å². The van der Waals surface area contributed by atoms with E-state index in [1.807, 2.05) is 0 Å². The average Bonchev–Trinajstić information content (AvgIpc) is 1.57. The average molecular weight is 1550 g/mol. The van der Waals surface area contributed by atoms with Crippen molar-refractivity contribution in [3.8, 4) is 32.0 Å². The molecule has 33 heteroatoms. The van der Waals surface area contributed by atoms with E-state index in [0.717, 1.165) is 41.6 Å². The Bertz CT molecular complexity index is 5050. The van der Waals surface area contributed by atoms with Crippen LogP contribution in [0.3, 0.4) is 0 Å². The molecular weight excluding hydrogens is 1490 g/mol. The molecule has 5 aliphatic rings. The highest BCUT2D eigenvalue weighted by molar-refractivity contribution is 7.16. The largest absolute Gasteiger partial charge is 0.289 e. The Hall–Kier alpha value is -10.1. The Kier molecular flexibility index (Phi) is 20.7. The molecule has 0 bridgehead atoms. The molecule has 0 saturated heterocycles. The first-order chi connectivity index (χ1) is 51.2. The van der Waals surface area contributed by atoms with Crippen molar-refractivity contribution in [2.24, 2.45) is 0 Å². The molecule has 0 unspecified atom stereocenters. The van der Waals surface area contributed by atoms with Crippen molar-refractivity contribution in [2.45, 2.75) is 116 Å². The quantitative estimate of drug-likeness (QED) is 0.0254. The minimum atomic E-state index is -2.46. The van der Waals surface area contributed by atoms with Crippen LogP contribution >= 0.6 is 45.3 Å². The predicted octanol–water partition coefficient (Wildman–Crippen LogP) is 15.1. The number of carbonyl (C=O) groups excluding carboxylic acids is 4. The van der Waals surface area contributed by atoms with E-state index in [0.29, 0.717) is 85.1 Å². The summed E-state index contributed by atoms with van der Waals surface area (Å²) in [7, 11) is 0. The van der Waals surface area contributed by atoms with Gasteiger partial charge in [-0.1, -0.05) is 42.5 Å². The maximum atomic E-state index is 15.6. The summed E-state index contributed by atoms with van der Waals surface area (Å²) >= 11 is 4.87. The predicted molar refractivity (Wildman–Crippen MR) is 372 cm³/mol. The van der Waals surface area contributed by atoms with Gasteiger partial charge in [0.25, 0.3) is 23.6 Å². The zero-order chi connectivity index (χ0) is 76.3. The number of hydrogen-bond acceptors (Lipinski definition) is 19. The Morgan fingerprint density at radius 3 is 1.06 bits per heavy atom. The molecule has 0 aliphatic heterocycles. The molecular formula is C74H59F10N11O8S4. The van der Waals surface area contributed by atoms with Gasteiger partial charge in [0.15, 0.2) is 16.6 Å². The van der Waals surface area contributed by atoms with Crippen LogP contribution in [0.15, 0.2) is 159 Å². The van der Waals surface area contributed by atoms with E-state index in [2.05, 4.69) is 34.9 Å². The Balaban J connectivity index is 0.000000126. The zero-order valence-electron chi connectivity index (χ0n) is 56.1. The number of halogens is 10. The maximum Gasteiger partial charge on any atom is 0.282 e. The highest BCUT2D eigenvalue weighted by atomic mass is 32.1. The van der Waals surface area contributed by atoms with Crippen molar-refractivity contribution in [3.63, 3.8) is 0 Å². The fourth-order valence-corrected chi connectivity index (χ4v) is 18.6. The van der Waals surface area contributed by atoms with Crippen LogP contribution in [0.25, 0.3) is 32.0 Å². The third-order valence-corrected chi connectivity index (χ3v) is 24.5. The van der Waals surface area contributed by atoms with Gasteiger partial charge in [-0.15, -0.1) is 45.3 Å². The lowest BCUT2D eigenvalue weighted by atomic mass is 10.0. The molecule has 552 valence electrons. The lowest BCUT2D eigenvalue weighted by Crippen LogP contribution is -2.33. The molecule has 6 heterocycles. The number of carbonyl (C=O) groups is 4. The monoisotopic (exact) mass is 1550 g/mol. The van der Waals surface area contributed by atoms with Crippen LogP contribution in [0.4, 0.5) is 43.9 Å². The van der Waals surface area contributed by atoms with Gasteiger partial charge in [0.2, 0.25) is 22.7 Å². The second-order valence-electron chi connectivity index (χ2n) is 26.0. The second kappa shape index (κ2) is 29.6. The SMILES string of the molecule is Cc1c(F)cccc1[C@@H]1[C@@H](c2cnc(-c3ccc(F)cc3)s2)[C@]1(F)C(=O)NO.Cc1c(F)cccc1[C@@H]1[C@@H](c2cnc(-c3ncc(F)cn3)s2)[C@]1(F)C(=O)NO.Cc1c(F)cccc1[C@@H]1[C@@H](c2cnc(C3CC3)s2)[C@]1(F)C(=O)NO.Cc1ncccc1[C@@H]1[C@@H](c2cnc(-c3ccc(F)cc3)s2)[C@]1(F)C(=O)NO. The molecule has 0 spiro atoms. The Labute approximate surface area is 617 Å². The zero-order valence-corrected chi connectivity index (χ0v) is 59.4. The van der Waals surface area contributed by atoms with E-state index >= 15 is 17.6 Å². The summed E-state index contributed by atoms with van der Waals surface area (Å²) in [5, 5.41) is 38.4. The van der Waals surface area contributed by atoms with Crippen LogP contribution < -0.4 is 21.9 Å². The molecule has 11 aromatic rings. The first-order valence-electron chi connectivity index (χ1n) is 32.7. The third-order valence-electron chi connectivity index (χ3n) is 19.9. The number of nitrogens with zero attached hydrogens (tertiary/aromatic N) is 7. The van der Waals surface area contributed by atoms with Crippen LogP contribution in [0.1, 0.15) is 135 Å². The molecule has 5 aromatic carbocycles. The lowest BCUT2D eigenvalue weighted by molar-refractivity contribution is -0.136. The number of hydroxylamine groups is 4. The number of nitrogens with one attached hydrogen (secondary N) is 4. The smallest absolute Gasteiger partial charge is 0.282 e. The highest BCUT2D eigenvalue weighted by Crippen LogP contribution is 2.71. The van der Waals surface area contributed by atoms with E-state index in [1.165, 1.54) is 149 Å². The van der Waals surface area contributed by atoms with Crippen LogP contribution in [0, 0.1) is 62.6 Å². The minimum absolute atomic E-state index is 0.160. The van der Waals surface area contributed by atoms with E-state index in [4.69, 9.17) is 20.8 Å². The number of aromatic nitrogens is 7. The Morgan fingerprint density at radius 2 is 0.701 bits per heavy atom. The van der Waals surface area contributed by atoms with Crippen molar-refractivity contribution in [1.82, 2.24) is 56.8 Å². The molecule has 8 N–H and O–H groups in total. The standard InChI is InChI=1S/C20H15F3N2O2S.C19H15F2N3O2S.C18H13F3N4O2S.C17H16F2N2O2S/c1-10-13(3-2-4-14(10)22)16-17(20(16,23)19(26)25-27)15-9-24-18(28-15)11-5-7-12(21)8-6-11;1-10-13(3-2-8-22-10)15-16(19(15,21)18(25)24-26)14-9-23-17(27-14)11-4-6-12(20)7-5-11;1-8-10(3-2-4-11(8)20)13-14(18(13,21)17(26)25-27)12-7-24-16(28-12)15-22-5-9(19)6-23-15;1-8-10(3-2-4-11(8)18)13-14(17(13,19)16(22)21-23)12-7-20-15(24-12)9-5-6-9/h2-9,16-17,27H,1H3,(H,25,26);2-9,15-16,26H,1H3,(H,24,25);2-7,13-14,27H,1H3,(H,25,26);2-4,7,9,13-14,23H,5-6H2,1H3,(H,21,22)/t16-,17-,20+;15-,16-,19+;13-,14-,18+;13-,14-,17+/m1111/s1. The highest BCUT2D eigenvalue weighted by Gasteiger charge is 2.76. The molecule has 19 nitrogen and oxygen atoms in total. The number of hydrogen-bond donors (Lipinski definition) is 8. The molecule has 16 rings (SSSR count). The summed E-state index contributed by atoms with van der Waals surface area (Å²) in [6, 6.07) is 27.9. The van der Waals surface area contributed by atoms with E-state index in [-0.39, 0.29) is 28.6 Å². The molecule has 5 aliphatic carbocycles. The number of thiazole rings is 4. The van der Waals surface area contributed by atoms with Gasteiger partial charge < -0.3 is 0 Å². The van der Waals surface area contributed by atoms with Gasteiger partial charge in [-0.25, -0.2) is 95.7 Å². The summed E-state index contributed by atoms with van der Waals surface area (Å²) in [5.74, 6) is -13.7. The topological polar surface area (TPSA) is 288 Å². The van der Waals surface area contributed by atoms with Crippen molar-refractivity contribution < 1.29 is 83.9 Å². The lowest BCUT2D eigenvalue weighted by Gasteiger charge is -2.08. The number of rotatable bonds is 16. The van der Waals surface area contributed by atoms with Gasteiger partial charge in [0.05, 0.1) is 17.4 Å². The van der Waals surface area contributed by atoms with Gasteiger partial charge >= 0.3 is 0 Å². The number of aryl methyl sites for hydroxylation is 1. The number of alkyl halides is 4. The summed E-state index contributed by atoms with van der Waals surface area (Å²) in [6.45, 7) is 6.34. The molecule has 0 radical (unpaired) electrons. The molecule has 5 fully saturated rings. The molecule has 5 saturated carbocycles. The molecule has 12 atom stereocenters. The van der Waals surface area contributed by atoms with Crippen molar-refractivity contribution in [2.75, 3.05) is 0 Å². The fraction of sp³-hybridized carbons (Fsp3) is 0.257. The maximum absolute atomic E-state index is 15.6. The number of benzene rings is 5.